The Morgan fingerprint density at radius 1 is 1.06 bits per heavy atom. The highest BCUT2D eigenvalue weighted by atomic mass is 35.5. The second-order valence-corrected chi connectivity index (χ2v) is 8.15. The third-order valence-corrected chi connectivity index (χ3v) is 5.86. The van der Waals surface area contributed by atoms with Crippen LogP contribution in [-0.4, -0.2) is 27.8 Å². The number of aromatic nitrogens is 1. The van der Waals surface area contributed by atoms with Gasteiger partial charge < -0.3 is 9.67 Å². The third kappa shape index (κ3) is 4.66. The van der Waals surface area contributed by atoms with E-state index in [1.807, 2.05) is 66.9 Å². The molecule has 0 fully saturated rings. The summed E-state index contributed by atoms with van der Waals surface area (Å²) >= 11 is 6.00. The molecule has 0 unspecified atom stereocenters. The Morgan fingerprint density at radius 3 is 2.61 bits per heavy atom. The normalized spacial score (nSPS) is 11.2. The largest absolute Gasteiger partial charge is 0.478 e. The molecule has 1 aromatic heterocycles. The van der Waals surface area contributed by atoms with Gasteiger partial charge in [0.15, 0.2) is 0 Å². The van der Waals surface area contributed by atoms with Crippen LogP contribution in [0.15, 0.2) is 71.8 Å². The maximum absolute atomic E-state index is 12.5. The monoisotopic (exact) mass is 459 g/mol. The number of fused-ring (bicyclic) bond motifs is 1. The number of aromatic carboxylic acids is 1. The Labute approximate surface area is 196 Å². The number of aryl methyl sites for hydroxylation is 1. The highest BCUT2D eigenvalue weighted by molar-refractivity contribution is 6.33. The first kappa shape index (κ1) is 22.3. The molecule has 0 aliphatic rings. The second kappa shape index (κ2) is 9.30. The topological polar surface area (TPSA) is 83.7 Å². The van der Waals surface area contributed by atoms with E-state index in [0.717, 1.165) is 33.3 Å². The number of carboxylic acid groups (broad SMARTS) is 1. The van der Waals surface area contributed by atoms with Crippen molar-refractivity contribution in [2.75, 3.05) is 0 Å². The van der Waals surface area contributed by atoms with Gasteiger partial charge in [-0.3, -0.25) is 4.79 Å². The van der Waals surface area contributed by atoms with Crippen LogP contribution in [0.25, 0.3) is 16.5 Å². The lowest BCUT2D eigenvalue weighted by Crippen LogP contribution is -2.19. The van der Waals surface area contributed by atoms with Crippen molar-refractivity contribution in [3.05, 3.63) is 99.8 Å². The Morgan fingerprint density at radius 2 is 1.82 bits per heavy atom. The van der Waals surface area contributed by atoms with Gasteiger partial charge in [0.05, 0.1) is 23.2 Å². The lowest BCUT2D eigenvalue weighted by Gasteiger charge is -2.11. The number of rotatable bonds is 6. The molecule has 0 saturated heterocycles. The molecule has 33 heavy (non-hydrogen) atoms. The van der Waals surface area contributed by atoms with Crippen molar-refractivity contribution < 1.29 is 14.7 Å². The lowest BCUT2D eigenvalue weighted by molar-refractivity contribution is -0.120. The molecule has 0 bridgehead atoms. The number of carboxylic acids is 1. The Hall–Kier alpha value is -3.90. The molecule has 0 radical (unpaired) electrons. The number of hydrogen-bond acceptors (Lipinski definition) is 3. The van der Waals surface area contributed by atoms with Crippen molar-refractivity contribution >= 4 is 40.5 Å². The summed E-state index contributed by atoms with van der Waals surface area (Å²) in [5.74, 6) is -1.29. The zero-order valence-electron chi connectivity index (χ0n) is 18.2. The van der Waals surface area contributed by atoms with E-state index < -0.39 is 5.97 Å². The molecule has 1 heterocycles. The summed E-state index contributed by atoms with van der Waals surface area (Å²) in [6, 6.07) is 20.6. The fraction of sp³-hybridized carbons (Fsp3) is 0.115. The van der Waals surface area contributed by atoms with E-state index in [0.29, 0.717) is 5.69 Å². The first-order valence-electron chi connectivity index (χ1n) is 10.4. The molecule has 4 rings (SSSR count). The second-order valence-electron chi connectivity index (χ2n) is 7.74. The van der Waals surface area contributed by atoms with Gasteiger partial charge in [-0.15, -0.1) is 0 Å². The van der Waals surface area contributed by atoms with Gasteiger partial charge in [0.2, 0.25) is 5.91 Å². The number of carbonyl (C=O) groups excluding carboxylic acids is 1. The van der Waals surface area contributed by atoms with E-state index in [1.165, 1.54) is 6.07 Å². The van der Waals surface area contributed by atoms with Crippen LogP contribution in [0.2, 0.25) is 5.02 Å². The summed E-state index contributed by atoms with van der Waals surface area (Å²) in [6.07, 6.45) is 1.81. The van der Waals surface area contributed by atoms with Gasteiger partial charge in [-0.25, -0.2) is 10.2 Å². The van der Waals surface area contributed by atoms with E-state index in [1.54, 1.807) is 18.3 Å². The zero-order chi connectivity index (χ0) is 23.5. The summed E-state index contributed by atoms with van der Waals surface area (Å²) in [7, 11) is 0. The van der Waals surface area contributed by atoms with Crippen LogP contribution >= 0.6 is 11.6 Å². The zero-order valence-corrected chi connectivity index (χ0v) is 18.9. The van der Waals surface area contributed by atoms with Gasteiger partial charge in [0.25, 0.3) is 0 Å². The van der Waals surface area contributed by atoms with E-state index >= 15 is 0 Å². The smallest absolute Gasteiger partial charge is 0.337 e. The first-order chi connectivity index (χ1) is 15.8. The van der Waals surface area contributed by atoms with Gasteiger partial charge >= 0.3 is 5.97 Å². The van der Waals surface area contributed by atoms with Gasteiger partial charge in [-0.05, 0) is 54.4 Å². The molecule has 6 nitrogen and oxygen atoms in total. The van der Waals surface area contributed by atoms with Gasteiger partial charge in [-0.2, -0.15) is 5.10 Å². The fourth-order valence-corrected chi connectivity index (χ4v) is 4.16. The van der Waals surface area contributed by atoms with Crippen molar-refractivity contribution in [1.29, 1.82) is 0 Å². The molecular formula is C26H22ClN3O3. The average molecular weight is 460 g/mol. The van der Waals surface area contributed by atoms with Crippen molar-refractivity contribution in [3.8, 4) is 5.69 Å². The number of hydrogen-bond donors (Lipinski definition) is 2. The number of amides is 1. The minimum Gasteiger partial charge on any atom is -0.478 e. The SMILES string of the molecule is Cc1cc(/C=N\NC(=O)Cc2cccc3ccccc23)c(C)n1-c1ccc(Cl)c(C(=O)O)c1. The van der Waals surface area contributed by atoms with Crippen molar-refractivity contribution in [2.45, 2.75) is 20.3 Å². The molecule has 166 valence electrons. The first-order valence-corrected chi connectivity index (χ1v) is 10.7. The maximum Gasteiger partial charge on any atom is 0.337 e. The van der Waals surface area contributed by atoms with E-state index in [-0.39, 0.29) is 22.9 Å². The highest BCUT2D eigenvalue weighted by Gasteiger charge is 2.14. The van der Waals surface area contributed by atoms with Crippen LogP contribution in [0.4, 0.5) is 0 Å². The molecule has 1 amide bonds. The van der Waals surface area contributed by atoms with Crippen LogP contribution in [-0.2, 0) is 11.2 Å². The molecule has 7 heteroatoms. The predicted molar refractivity (Wildman–Crippen MR) is 131 cm³/mol. The maximum atomic E-state index is 12.5. The molecular weight excluding hydrogens is 438 g/mol. The van der Waals surface area contributed by atoms with E-state index in [4.69, 9.17) is 11.6 Å². The Kier molecular flexibility index (Phi) is 6.29. The number of nitrogens with zero attached hydrogens (tertiary/aromatic N) is 2. The van der Waals surface area contributed by atoms with Crippen molar-refractivity contribution in [2.24, 2.45) is 5.10 Å². The summed E-state index contributed by atoms with van der Waals surface area (Å²) in [5.41, 5.74) is 6.83. The van der Waals surface area contributed by atoms with Gasteiger partial charge in [-0.1, -0.05) is 54.1 Å². The van der Waals surface area contributed by atoms with Crippen LogP contribution in [0.5, 0.6) is 0 Å². The van der Waals surface area contributed by atoms with Crippen molar-refractivity contribution in [3.63, 3.8) is 0 Å². The summed E-state index contributed by atoms with van der Waals surface area (Å²) < 4.78 is 1.92. The molecule has 0 aliphatic heterocycles. The average Bonchev–Trinajstić information content (AvgIpc) is 3.07. The molecule has 3 aromatic carbocycles. The van der Waals surface area contributed by atoms with E-state index in [9.17, 15) is 14.7 Å². The number of halogens is 1. The predicted octanol–water partition coefficient (Wildman–Crippen LogP) is 5.29. The van der Waals surface area contributed by atoms with Crippen LogP contribution in [0, 0.1) is 13.8 Å². The van der Waals surface area contributed by atoms with Gasteiger partial charge in [0.1, 0.15) is 0 Å². The van der Waals surface area contributed by atoms with Crippen LogP contribution < -0.4 is 5.43 Å². The number of carbonyl (C=O) groups is 2. The highest BCUT2D eigenvalue weighted by Crippen LogP contribution is 2.24. The molecule has 0 saturated carbocycles. The minimum absolute atomic E-state index is 0.0394. The molecule has 2 N–H and O–H groups in total. The fourth-order valence-electron chi connectivity index (χ4n) is 3.96. The van der Waals surface area contributed by atoms with E-state index in [2.05, 4.69) is 10.5 Å². The molecule has 0 atom stereocenters. The Balaban J connectivity index is 1.51. The quantitative estimate of drug-likeness (QED) is 0.303. The summed E-state index contributed by atoms with van der Waals surface area (Å²) in [5, 5.41) is 15.8. The standard InChI is InChI=1S/C26H22ClN3O3/c1-16-12-20(17(2)30(16)21-10-11-24(27)23(14-21)26(32)33)15-28-29-25(31)13-19-8-5-7-18-6-3-4-9-22(18)19/h3-12,14-15H,13H2,1-2H3,(H,29,31)(H,32,33)/b28-15-. The summed E-state index contributed by atoms with van der Waals surface area (Å²) in [4.78, 5) is 23.9. The Bertz CT molecular complexity index is 1400. The molecule has 4 aromatic rings. The van der Waals surface area contributed by atoms with Crippen LogP contribution in [0.1, 0.15) is 32.9 Å². The lowest BCUT2D eigenvalue weighted by atomic mass is 10.0. The molecule has 0 aliphatic carbocycles. The molecule has 0 spiro atoms. The summed E-state index contributed by atoms with van der Waals surface area (Å²) in [6.45, 7) is 3.82. The number of hydrazone groups is 1. The minimum atomic E-state index is -1.08. The number of benzene rings is 3. The van der Waals surface area contributed by atoms with Crippen LogP contribution in [0.3, 0.4) is 0 Å². The van der Waals surface area contributed by atoms with Crippen molar-refractivity contribution in [1.82, 2.24) is 9.99 Å². The third-order valence-electron chi connectivity index (χ3n) is 5.53. The van der Waals surface area contributed by atoms with Gasteiger partial charge in [0, 0.05) is 22.6 Å². The number of nitrogens with one attached hydrogen (secondary N) is 1.